The SMILES string of the molecule is CC(NC(C)c1ccc(Cl)s1)c1cccs1. The Hall–Kier alpha value is -0.350. The molecule has 2 aromatic heterocycles. The van der Waals surface area contributed by atoms with Gasteiger partial charge in [0.25, 0.3) is 0 Å². The maximum Gasteiger partial charge on any atom is 0.0931 e. The highest BCUT2D eigenvalue weighted by Crippen LogP contribution is 2.29. The first kappa shape index (κ1) is 12.1. The van der Waals surface area contributed by atoms with Gasteiger partial charge in [-0.1, -0.05) is 17.7 Å². The molecule has 0 aliphatic carbocycles. The van der Waals surface area contributed by atoms with Crippen molar-refractivity contribution in [1.82, 2.24) is 5.32 Å². The monoisotopic (exact) mass is 271 g/mol. The van der Waals surface area contributed by atoms with E-state index < -0.39 is 0 Å². The summed E-state index contributed by atoms with van der Waals surface area (Å²) in [5.41, 5.74) is 0. The second-order valence-electron chi connectivity index (χ2n) is 3.77. The van der Waals surface area contributed by atoms with Crippen LogP contribution in [-0.4, -0.2) is 0 Å². The van der Waals surface area contributed by atoms with Crippen LogP contribution in [0.2, 0.25) is 4.34 Å². The van der Waals surface area contributed by atoms with Crippen LogP contribution >= 0.6 is 34.3 Å². The van der Waals surface area contributed by atoms with Crippen molar-refractivity contribution in [3.63, 3.8) is 0 Å². The zero-order valence-electron chi connectivity index (χ0n) is 9.24. The van der Waals surface area contributed by atoms with Gasteiger partial charge in [-0.2, -0.15) is 0 Å². The minimum absolute atomic E-state index is 0.342. The van der Waals surface area contributed by atoms with E-state index in [0.717, 1.165) is 4.34 Å². The molecule has 0 amide bonds. The van der Waals surface area contributed by atoms with Crippen LogP contribution in [-0.2, 0) is 0 Å². The van der Waals surface area contributed by atoms with E-state index in [1.54, 1.807) is 22.7 Å². The van der Waals surface area contributed by atoms with E-state index in [1.807, 2.05) is 6.07 Å². The highest BCUT2D eigenvalue weighted by molar-refractivity contribution is 7.16. The van der Waals surface area contributed by atoms with Crippen molar-refractivity contribution >= 4 is 34.3 Å². The number of hydrogen-bond donors (Lipinski definition) is 1. The van der Waals surface area contributed by atoms with Gasteiger partial charge in [0.15, 0.2) is 0 Å². The van der Waals surface area contributed by atoms with Crippen LogP contribution in [0.4, 0.5) is 0 Å². The van der Waals surface area contributed by atoms with Gasteiger partial charge in [-0.05, 0) is 37.4 Å². The Labute approximate surface area is 109 Å². The predicted octanol–water partition coefficient (Wildman–Crippen LogP) is 4.87. The fourth-order valence-corrected chi connectivity index (χ4v) is 3.45. The van der Waals surface area contributed by atoms with Gasteiger partial charge in [0.05, 0.1) is 4.34 Å². The molecule has 86 valence electrons. The van der Waals surface area contributed by atoms with Gasteiger partial charge < -0.3 is 5.32 Å². The molecule has 4 heteroatoms. The molecule has 0 aromatic carbocycles. The largest absolute Gasteiger partial charge is 0.302 e. The highest BCUT2D eigenvalue weighted by Gasteiger charge is 2.13. The molecule has 2 atom stereocenters. The van der Waals surface area contributed by atoms with E-state index in [1.165, 1.54) is 9.75 Å². The van der Waals surface area contributed by atoms with E-state index in [9.17, 15) is 0 Å². The van der Waals surface area contributed by atoms with Crippen LogP contribution in [0.1, 0.15) is 35.7 Å². The van der Waals surface area contributed by atoms with Crippen molar-refractivity contribution in [3.8, 4) is 0 Å². The van der Waals surface area contributed by atoms with E-state index in [2.05, 4.69) is 42.7 Å². The lowest BCUT2D eigenvalue weighted by Gasteiger charge is -2.17. The first-order valence-electron chi connectivity index (χ1n) is 5.21. The van der Waals surface area contributed by atoms with Crippen LogP contribution in [0.25, 0.3) is 0 Å². The predicted molar refractivity (Wildman–Crippen MR) is 73.6 cm³/mol. The van der Waals surface area contributed by atoms with Crippen molar-refractivity contribution in [3.05, 3.63) is 43.7 Å². The Kier molecular flexibility index (Phi) is 4.03. The second-order valence-corrected chi connectivity index (χ2v) is 6.49. The van der Waals surface area contributed by atoms with Gasteiger partial charge in [-0.3, -0.25) is 0 Å². The molecule has 2 unspecified atom stereocenters. The van der Waals surface area contributed by atoms with Gasteiger partial charge in [0.2, 0.25) is 0 Å². The molecule has 16 heavy (non-hydrogen) atoms. The quantitative estimate of drug-likeness (QED) is 0.836. The fourth-order valence-electron chi connectivity index (χ4n) is 1.64. The summed E-state index contributed by atoms with van der Waals surface area (Å²) in [6, 6.07) is 9.02. The third kappa shape index (κ3) is 2.86. The molecule has 0 bridgehead atoms. The Morgan fingerprint density at radius 1 is 1.12 bits per heavy atom. The summed E-state index contributed by atoms with van der Waals surface area (Å²) in [7, 11) is 0. The van der Waals surface area contributed by atoms with E-state index in [4.69, 9.17) is 11.6 Å². The number of hydrogen-bond acceptors (Lipinski definition) is 3. The molecule has 0 spiro atoms. The van der Waals surface area contributed by atoms with Gasteiger partial charge in [0, 0.05) is 21.8 Å². The lowest BCUT2D eigenvalue weighted by molar-refractivity contribution is 0.506. The molecule has 1 N–H and O–H groups in total. The molecule has 0 fully saturated rings. The third-order valence-corrected chi connectivity index (χ3v) is 4.96. The summed E-state index contributed by atoms with van der Waals surface area (Å²) < 4.78 is 0.854. The summed E-state index contributed by atoms with van der Waals surface area (Å²) in [6.45, 7) is 4.36. The maximum absolute atomic E-state index is 5.93. The van der Waals surface area contributed by atoms with Crippen molar-refractivity contribution in [2.75, 3.05) is 0 Å². The average Bonchev–Trinajstić information content (AvgIpc) is 2.87. The van der Waals surface area contributed by atoms with Gasteiger partial charge >= 0.3 is 0 Å². The molecular formula is C12H14ClNS2. The Morgan fingerprint density at radius 3 is 2.44 bits per heavy atom. The molecule has 1 nitrogen and oxygen atoms in total. The summed E-state index contributed by atoms with van der Waals surface area (Å²) in [6.07, 6.45) is 0. The molecule has 0 aliphatic rings. The minimum atomic E-state index is 0.342. The van der Waals surface area contributed by atoms with Crippen LogP contribution in [0.3, 0.4) is 0 Å². The highest BCUT2D eigenvalue weighted by atomic mass is 35.5. The molecule has 2 heterocycles. The zero-order chi connectivity index (χ0) is 11.5. The van der Waals surface area contributed by atoms with Crippen LogP contribution < -0.4 is 5.32 Å². The first-order chi connectivity index (χ1) is 7.66. The smallest absolute Gasteiger partial charge is 0.0931 e. The molecule has 0 saturated heterocycles. The Bertz CT molecular complexity index is 436. The Balaban J connectivity index is 2.00. The standard InChI is InChI=1S/C12H14ClNS2/c1-8(10-4-3-7-15-10)14-9(2)11-5-6-12(13)16-11/h3-9,14H,1-2H3. The van der Waals surface area contributed by atoms with E-state index in [-0.39, 0.29) is 0 Å². The number of thiophene rings is 2. The lowest BCUT2D eigenvalue weighted by atomic mass is 10.2. The summed E-state index contributed by atoms with van der Waals surface area (Å²) in [5.74, 6) is 0. The minimum Gasteiger partial charge on any atom is -0.302 e. The van der Waals surface area contributed by atoms with Crippen molar-refractivity contribution in [2.45, 2.75) is 25.9 Å². The van der Waals surface area contributed by atoms with Crippen molar-refractivity contribution in [2.24, 2.45) is 0 Å². The van der Waals surface area contributed by atoms with E-state index in [0.29, 0.717) is 12.1 Å². The average molecular weight is 272 g/mol. The maximum atomic E-state index is 5.93. The normalized spacial score (nSPS) is 14.9. The van der Waals surface area contributed by atoms with E-state index >= 15 is 0 Å². The molecule has 0 saturated carbocycles. The number of halogens is 1. The summed E-state index contributed by atoms with van der Waals surface area (Å²) in [5, 5.41) is 5.69. The second kappa shape index (κ2) is 5.32. The fraction of sp³-hybridized carbons (Fsp3) is 0.333. The van der Waals surface area contributed by atoms with Crippen molar-refractivity contribution in [1.29, 1.82) is 0 Å². The van der Waals surface area contributed by atoms with Gasteiger partial charge in [0.1, 0.15) is 0 Å². The lowest BCUT2D eigenvalue weighted by Crippen LogP contribution is -2.20. The van der Waals surface area contributed by atoms with Gasteiger partial charge in [-0.15, -0.1) is 22.7 Å². The molecule has 2 rings (SSSR count). The molecular weight excluding hydrogens is 258 g/mol. The first-order valence-corrected chi connectivity index (χ1v) is 7.29. The third-order valence-electron chi connectivity index (χ3n) is 2.49. The van der Waals surface area contributed by atoms with Crippen LogP contribution in [0.15, 0.2) is 29.6 Å². The zero-order valence-corrected chi connectivity index (χ0v) is 11.6. The Morgan fingerprint density at radius 2 is 1.88 bits per heavy atom. The molecule has 0 radical (unpaired) electrons. The van der Waals surface area contributed by atoms with Crippen LogP contribution in [0, 0.1) is 0 Å². The van der Waals surface area contributed by atoms with Gasteiger partial charge in [-0.25, -0.2) is 0 Å². The summed E-state index contributed by atoms with van der Waals surface area (Å²) in [4.78, 5) is 2.66. The number of rotatable bonds is 4. The number of nitrogens with one attached hydrogen (secondary N) is 1. The summed E-state index contributed by atoms with van der Waals surface area (Å²) >= 11 is 9.36. The molecule has 2 aromatic rings. The molecule has 0 aliphatic heterocycles. The van der Waals surface area contributed by atoms with Crippen LogP contribution in [0.5, 0.6) is 0 Å². The topological polar surface area (TPSA) is 12.0 Å². The van der Waals surface area contributed by atoms with Crippen molar-refractivity contribution < 1.29 is 0 Å².